The molecule has 31 heavy (non-hydrogen) atoms. The number of hydrogen-bond acceptors (Lipinski definition) is 5. The normalized spacial score (nSPS) is 11.3. The molecule has 0 atom stereocenters. The van der Waals surface area contributed by atoms with Gasteiger partial charge in [0.05, 0.1) is 21.9 Å². The van der Waals surface area contributed by atoms with Gasteiger partial charge in [0.15, 0.2) is 0 Å². The van der Waals surface area contributed by atoms with E-state index in [4.69, 9.17) is 23.2 Å². The standard InChI is InChI=1S/C22H13Cl2N3O4/c23-13-4-3-5-15(10-13)26-21(28)17-7-2-1-6-16(17)18(22(26)29)12-25-14-8-9-19(24)20(11-14)27(30)31/h1-12,29H. The first kappa shape index (κ1) is 20.6. The fourth-order valence-electron chi connectivity index (χ4n) is 3.20. The van der Waals surface area contributed by atoms with Gasteiger partial charge in [0.1, 0.15) is 5.02 Å². The van der Waals surface area contributed by atoms with Crippen molar-refractivity contribution in [3.63, 3.8) is 0 Å². The number of nitro groups is 1. The van der Waals surface area contributed by atoms with E-state index in [0.29, 0.717) is 21.5 Å². The molecule has 0 aliphatic heterocycles. The number of benzene rings is 3. The molecule has 4 aromatic rings. The second-order valence-corrected chi connectivity index (χ2v) is 7.40. The van der Waals surface area contributed by atoms with Crippen LogP contribution in [0.25, 0.3) is 16.5 Å². The van der Waals surface area contributed by atoms with Crippen molar-refractivity contribution in [2.45, 2.75) is 0 Å². The van der Waals surface area contributed by atoms with Gasteiger partial charge in [-0.3, -0.25) is 19.9 Å². The predicted molar refractivity (Wildman–Crippen MR) is 122 cm³/mol. The monoisotopic (exact) mass is 453 g/mol. The molecule has 4 rings (SSSR count). The summed E-state index contributed by atoms with van der Waals surface area (Å²) in [5, 5.41) is 23.3. The molecule has 0 aliphatic rings. The minimum Gasteiger partial charge on any atom is -0.494 e. The Bertz CT molecular complexity index is 1430. The highest BCUT2D eigenvalue weighted by Crippen LogP contribution is 2.30. The van der Waals surface area contributed by atoms with Crippen molar-refractivity contribution in [1.82, 2.24) is 4.57 Å². The number of fused-ring (bicyclic) bond motifs is 1. The smallest absolute Gasteiger partial charge is 0.290 e. The largest absolute Gasteiger partial charge is 0.494 e. The Kier molecular flexibility index (Phi) is 5.46. The molecule has 3 aromatic carbocycles. The summed E-state index contributed by atoms with van der Waals surface area (Å²) < 4.78 is 1.14. The molecule has 0 unspecified atom stereocenters. The maximum absolute atomic E-state index is 13.1. The van der Waals surface area contributed by atoms with Gasteiger partial charge in [0.2, 0.25) is 5.88 Å². The summed E-state index contributed by atoms with van der Waals surface area (Å²) in [4.78, 5) is 27.9. The summed E-state index contributed by atoms with van der Waals surface area (Å²) in [5.74, 6) is -0.335. The maximum atomic E-state index is 13.1. The molecule has 7 nitrogen and oxygen atoms in total. The zero-order valence-electron chi connectivity index (χ0n) is 15.7. The lowest BCUT2D eigenvalue weighted by atomic mass is 10.1. The van der Waals surface area contributed by atoms with Gasteiger partial charge in [0, 0.05) is 28.1 Å². The Morgan fingerprint density at radius 3 is 2.45 bits per heavy atom. The van der Waals surface area contributed by atoms with Gasteiger partial charge < -0.3 is 5.11 Å². The summed E-state index contributed by atoms with van der Waals surface area (Å²) in [6, 6.07) is 17.4. The fraction of sp³-hybridized carbons (Fsp3) is 0. The van der Waals surface area contributed by atoms with Crippen LogP contribution in [0.2, 0.25) is 10.0 Å². The van der Waals surface area contributed by atoms with E-state index in [-0.39, 0.29) is 27.8 Å². The van der Waals surface area contributed by atoms with E-state index >= 15 is 0 Å². The molecule has 0 spiro atoms. The molecule has 0 saturated carbocycles. The minimum absolute atomic E-state index is 0.00764. The van der Waals surface area contributed by atoms with Gasteiger partial charge in [-0.05, 0) is 36.4 Å². The van der Waals surface area contributed by atoms with Crippen LogP contribution in [0.3, 0.4) is 0 Å². The van der Waals surface area contributed by atoms with Gasteiger partial charge in [-0.2, -0.15) is 0 Å². The molecule has 9 heteroatoms. The Morgan fingerprint density at radius 2 is 1.74 bits per heavy atom. The van der Waals surface area contributed by atoms with Gasteiger partial charge in [0.25, 0.3) is 11.2 Å². The molecule has 0 fully saturated rings. The average Bonchev–Trinajstić information content (AvgIpc) is 2.74. The maximum Gasteiger partial charge on any atom is 0.290 e. The molecule has 1 aromatic heterocycles. The van der Waals surface area contributed by atoms with Crippen molar-refractivity contribution in [3.05, 3.63) is 103 Å². The van der Waals surface area contributed by atoms with Crippen LogP contribution in [0.1, 0.15) is 5.56 Å². The van der Waals surface area contributed by atoms with Crippen molar-refractivity contribution < 1.29 is 10.0 Å². The lowest BCUT2D eigenvalue weighted by Crippen LogP contribution is -2.20. The van der Waals surface area contributed by atoms with Crippen molar-refractivity contribution in [2.75, 3.05) is 0 Å². The Morgan fingerprint density at radius 1 is 1.00 bits per heavy atom. The number of pyridine rings is 1. The summed E-state index contributed by atoms with van der Waals surface area (Å²) in [5.41, 5.74) is 0.217. The minimum atomic E-state index is -0.604. The Balaban J connectivity index is 1.94. The average molecular weight is 454 g/mol. The third-order valence-electron chi connectivity index (χ3n) is 4.64. The van der Waals surface area contributed by atoms with Crippen molar-refractivity contribution in [1.29, 1.82) is 0 Å². The number of hydrogen-bond donors (Lipinski definition) is 1. The molecular formula is C22H13Cl2N3O4. The van der Waals surface area contributed by atoms with Crippen LogP contribution in [-0.2, 0) is 0 Å². The number of rotatable bonds is 4. The predicted octanol–water partition coefficient (Wildman–Crippen LogP) is 5.66. The number of aromatic hydroxyl groups is 1. The van der Waals surface area contributed by atoms with Crippen LogP contribution in [0, 0.1) is 10.1 Å². The van der Waals surface area contributed by atoms with Crippen molar-refractivity contribution in [3.8, 4) is 11.6 Å². The summed E-state index contributed by atoms with van der Waals surface area (Å²) >= 11 is 11.9. The van der Waals surface area contributed by atoms with Crippen LogP contribution >= 0.6 is 23.2 Å². The van der Waals surface area contributed by atoms with E-state index in [9.17, 15) is 20.0 Å². The van der Waals surface area contributed by atoms with E-state index in [2.05, 4.69) is 4.99 Å². The quantitative estimate of drug-likeness (QED) is 0.244. The van der Waals surface area contributed by atoms with Gasteiger partial charge in [-0.15, -0.1) is 0 Å². The highest BCUT2D eigenvalue weighted by Gasteiger charge is 2.17. The first-order valence-corrected chi connectivity index (χ1v) is 9.73. The Labute approximate surface area is 185 Å². The van der Waals surface area contributed by atoms with Crippen LogP contribution in [0.5, 0.6) is 5.88 Å². The molecule has 0 bridgehead atoms. The molecule has 1 heterocycles. The van der Waals surface area contributed by atoms with Crippen LogP contribution in [-0.4, -0.2) is 20.8 Å². The van der Waals surface area contributed by atoms with Gasteiger partial charge >= 0.3 is 0 Å². The fourth-order valence-corrected chi connectivity index (χ4v) is 3.58. The van der Waals surface area contributed by atoms with Crippen LogP contribution in [0.4, 0.5) is 11.4 Å². The molecular weight excluding hydrogens is 441 g/mol. The lowest BCUT2D eigenvalue weighted by molar-refractivity contribution is -0.384. The topological polar surface area (TPSA) is 97.7 Å². The highest BCUT2D eigenvalue weighted by atomic mass is 35.5. The first-order valence-electron chi connectivity index (χ1n) is 8.97. The second kappa shape index (κ2) is 8.22. The van der Waals surface area contributed by atoms with E-state index < -0.39 is 10.5 Å². The molecule has 154 valence electrons. The zero-order valence-corrected chi connectivity index (χ0v) is 17.2. The lowest BCUT2D eigenvalue weighted by Gasteiger charge is -2.14. The molecule has 0 radical (unpaired) electrons. The van der Waals surface area contributed by atoms with E-state index in [1.165, 1.54) is 24.4 Å². The van der Waals surface area contributed by atoms with E-state index in [1.54, 1.807) is 48.5 Å². The number of aliphatic imine (C=N–C) groups is 1. The van der Waals surface area contributed by atoms with Crippen molar-refractivity contribution in [2.24, 2.45) is 4.99 Å². The molecule has 0 aliphatic carbocycles. The number of nitro benzene ring substituents is 1. The Hall–Kier alpha value is -3.68. The van der Waals surface area contributed by atoms with E-state index in [1.807, 2.05) is 0 Å². The second-order valence-electron chi connectivity index (χ2n) is 6.55. The molecule has 0 amide bonds. The molecule has 0 saturated heterocycles. The SMILES string of the molecule is O=c1c2ccccc2c(C=Nc2ccc(Cl)c([N+](=O)[O-])c2)c(O)n1-c1cccc(Cl)c1. The van der Waals surface area contributed by atoms with Crippen molar-refractivity contribution >= 4 is 51.6 Å². The number of aromatic nitrogens is 1. The molecule has 1 N–H and O–H groups in total. The summed E-state index contributed by atoms with van der Waals surface area (Å²) in [7, 11) is 0. The van der Waals surface area contributed by atoms with Gasteiger partial charge in [-0.1, -0.05) is 47.5 Å². The zero-order chi connectivity index (χ0) is 22.1. The van der Waals surface area contributed by atoms with E-state index in [0.717, 1.165) is 4.57 Å². The summed E-state index contributed by atoms with van der Waals surface area (Å²) in [6.07, 6.45) is 1.35. The number of halogens is 2. The van der Waals surface area contributed by atoms with Crippen LogP contribution in [0.15, 0.2) is 76.5 Å². The summed E-state index contributed by atoms with van der Waals surface area (Å²) in [6.45, 7) is 0. The highest BCUT2D eigenvalue weighted by molar-refractivity contribution is 6.32. The van der Waals surface area contributed by atoms with Gasteiger partial charge in [-0.25, -0.2) is 4.57 Å². The third kappa shape index (κ3) is 3.88. The number of nitrogens with zero attached hydrogens (tertiary/aromatic N) is 3. The van der Waals surface area contributed by atoms with Crippen LogP contribution < -0.4 is 5.56 Å². The third-order valence-corrected chi connectivity index (χ3v) is 5.19. The first-order chi connectivity index (χ1) is 14.9.